The minimum Gasteiger partial charge on any atom is -0.325 e. The van der Waals surface area contributed by atoms with Gasteiger partial charge in [-0.15, -0.1) is 0 Å². The van der Waals surface area contributed by atoms with Crippen LogP contribution in [-0.4, -0.2) is 14.8 Å². The lowest BCUT2D eigenvalue weighted by Gasteiger charge is -2.14. The van der Waals surface area contributed by atoms with Gasteiger partial charge in [-0.2, -0.15) is 5.10 Å². The standard InChI is InChI=1S/C13H18N4/c1-13(2,3)10-8-15-17(9-10)12-6-4-5-11(7-14)16-12/h4-6,8-9H,7,14H2,1-3H3. The molecule has 0 aliphatic heterocycles. The topological polar surface area (TPSA) is 56.7 Å². The Morgan fingerprint density at radius 2 is 2.06 bits per heavy atom. The molecule has 2 aromatic rings. The summed E-state index contributed by atoms with van der Waals surface area (Å²) in [4.78, 5) is 4.43. The smallest absolute Gasteiger partial charge is 0.153 e. The minimum atomic E-state index is 0.101. The van der Waals surface area contributed by atoms with Gasteiger partial charge in [-0.25, -0.2) is 9.67 Å². The Morgan fingerprint density at radius 3 is 2.65 bits per heavy atom. The molecule has 4 nitrogen and oxygen atoms in total. The molecule has 2 rings (SSSR count). The predicted octanol–water partition coefficient (Wildman–Crippen LogP) is 2.02. The summed E-state index contributed by atoms with van der Waals surface area (Å²) in [6.45, 7) is 6.94. The van der Waals surface area contributed by atoms with Gasteiger partial charge in [-0.3, -0.25) is 0 Å². The van der Waals surface area contributed by atoms with Crippen molar-refractivity contribution in [1.82, 2.24) is 14.8 Å². The molecule has 2 aromatic heterocycles. The van der Waals surface area contributed by atoms with Crippen LogP contribution in [0.3, 0.4) is 0 Å². The van der Waals surface area contributed by atoms with E-state index in [1.807, 2.05) is 30.6 Å². The lowest BCUT2D eigenvalue weighted by Crippen LogP contribution is -2.09. The van der Waals surface area contributed by atoms with Gasteiger partial charge in [0, 0.05) is 12.7 Å². The van der Waals surface area contributed by atoms with Crippen LogP contribution in [0.5, 0.6) is 0 Å². The van der Waals surface area contributed by atoms with Crippen LogP contribution in [0.25, 0.3) is 5.82 Å². The Hall–Kier alpha value is -1.68. The second-order valence-electron chi connectivity index (χ2n) is 5.11. The first kappa shape index (κ1) is 11.8. The zero-order valence-corrected chi connectivity index (χ0v) is 10.5. The zero-order valence-electron chi connectivity index (χ0n) is 10.5. The van der Waals surface area contributed by atoms with E-state index in [0.29, 0.717) is 6.54 Å². The molecule has 90 valence electrons. The highest BCUT2D eigenvalue weighted by Crippen LogP contribution is 2.21. The molecule has 0 aromatic carbocycles. The number of rotatable bonds is 2. The molecular formula is C13H18N4. The van der Waals surface area contributed by atoms with Gasteiger partial charge in [-0.05, 0) is 23.1 Å². The summed E-state index contributed by atoms with van der Waals surface area (Å²) in [7, 11) is 0. The number of aromatic nitrogens is 3. The molecule has 0 amide bonds. The van der Waals surface area contributed by atoms with Gasteiger partial charge in [0.1, 0.15) is 0 Å². The molecule has 0 unspecified atom stereocenters. The zero-order chi connectivity index (χ0) is 12.5. The van der Waals surface area contributed by atoms with Crippen molar-refractivity contribution in [3.05, 3.63) is 41.9 Å². The summed E-state index contributed by atoms with van der Waals surface area (Å²) in [5.41, 5.74) is 7.74. The first-order valence-electron chi connectivity index (χ1n) is 5.72. The van der Waals surface area contributed by atoms with Gasteiger partial charge in [0.25, 0.3) is 0 Å². The maximum absolute atomic E-state index is 5.58. The van der Waals surface area contributed by atoms with Crippen molar-refractivity contribution in [1.29, 1.82) is 0 Å². The molecule has 0 radical (unpaired) electrons. The van der Waals surface area contributed by atoms with Crippen molar-refractivity contribution in [2.24, 2.45) is 5.73 Å². The minimum absolute atomic E-state index is 0.101. The van der Waals surface area contributed by atoms with Crippen LogP contribution in [0, 0.1) is 0 Å². The van der Waals surface area contributed by atoms with E-state index in [-0.39, 0.29) is 5.41 Å². The highest BCUT2D eigenvalue weighted by atomic mass is 15.3. The average Bonchev–Trinajstić information content (AvgIpc) is 2.78. The van der Waals surface area contributed by atoms with Gasteiger partial charge in [0.2, 0.25) is 0 Å². The van der Waals surface area contributed by atoms with Gasteiger partial charge in [0.15, 0.2) is 5.82 Å². The van der Waals surface area contributed by atoms with Gasteiger partial charge in [0.05, 0.1) is 11.9 Å². The number of hydrogen-bond donors (Lipinski definition) is 1. The second kappa shape index (κ2) is 4.30. The quantitative estimate of drug-likeness (QED) is 0.858. The number of pyridine rings is 1. The van der Waals surface area contributed by atoms with E-state index in [0.717, 1.165) is 11.5 Å². The molecule has 17 heavy (non-hydrogen) atoms. The Bertz CT molecular complexity index is 508. The SMILES string of the molecule is CC(C)(C)c1cnn(-c2cccc(CN)n2)c1. The summed E-state index contributed by atoms with van der Waals surface area (Å²) >= 11 is 0. The first-order chi connectivity index (χ1) is 8.00. The third kappa shape index (κ3) is 2.53. The lowest BCUT2D eigenvalue weighted by molar-refractivity contribution is 0.590. The van der Waals surface area contributed by atoms with Crippen molar-refractivity contribution in [2.45, 2.75) is 32.7 Å². The molecule has 2 N–H and O–H groups in total. The summed E-state index contributed by atoms with van der Waals surface area (Å²) in [6, 6.07) is 5.79. The van der Waals surface area contributed by atoms with E-state index in [9.17, 15) is 0 Å². The van der Waals surface area contributed by atoms with Crippen LogP contribution in [-0.2, 0) is 12.0 Å². The maximum Gasteiger partial charge on any atom is 0.153 e. The molecule has 0 saturated carbocycles. The van der Waals surface area contributed by atoms with E-state index in [1.165, 1.54) is 5.56 Å². The monoisotopic (exact) mass is 230 g/mol. The molecule has 0 saturated heterocycles. The van der Waals surface area contributed by atoms with Gasteiger partial charge >= 0.3 is 0 Å². The highest BCUT2D eigenvalue weighted by molar-refractivity contribution is 5.26. The van der Waals surface area contributed by atoms with Crippen LogP contribution in [0.2, 0.25) is 0 Å². The van der Waals surface area contributed by atoms with E-state index < -0.39 is 0 Å². The highest BCUT2D eigenvalue weighted by Gasteiger charge is 2.16. The van der Waals surface area contributed by atoms with Crippen LogP contribution in [0.1, 0.15) is 32.0 Å². The number of hydrogen-bond acceptors (Lipinski definition) is 3. The molecule has 4 heteroatoms. The van der Waals surface area contributed by atoms with Crippen molar-refractivity contribution in [2.75, 3.05) is 0 Å². The van der Waals surface area contributed by atoms with Crippen LogP contribution in [0.4, 0.5) is 0 Å². The molecule has 2 heterocycles. The molecular weight excluding hydrogens is 212 g/mol. The fourth-order valence-corrected chi connectivity index (χ4v) is 1.54. The molecule has 0 bridgehead atoms. The van der Waals surface area contributed by atoms with Crippen LogP contribution >= 0.6 is 0 Å². The van der Waals surface area contributed by atoms with Crippen molar-refractivity contribution < 1.29 is 0 Å². The Balaban J connectivity index is 2.37. The molecule has 0 aliphatic carbocycles. The Kier molecular flexibility index (Phi) is 2.98. The summed E-state index contributed by atoms with van der Waals surface area (Å²) in [6.07, 6.45) is 3.90. The van der Waals surface area contributed by atoms with E-state index in [1.54, 1.807) is 4.68 Å². The third-order valence-electron chi connectivity index (χ3n) is 2.68. The van der Waals surface area contributed by atoms with E-state index in [2.05, 4.69) is 30.9 Å². The molecule has 0 fully saturated rings. The number of nitrogens with two attached hydrogens (primary N) is 1. The van der Waals surface area contributed by atoms with Crippen LogP contribution < -0.4 is 5.73 Å². The predicted molar refractivity (Wildman–Crippen MR) is 68.0 cm³/mol. The largest absolute Gasteiger partial charge is 0.325 e. The Morgan fingerprint density at radius 1 is 1.29 bits per heavy atom. The fourth-order valence-electron chi connectivity index (χ4n) is 1.54. The summed E-state index contributed by atoms with van der Waals surface area (Å²) < 4.78 is 1.79. The van der Waals surface area contributed by atoms with Gasteiger partial charge in [-0.1, -0.05) is 26.8 Å². The average molecular weight is 230 g/mol. The van der Waals surface area contributed by atoms with E-state index in [4.69, 9.17) is 5.73 Å². The van der Waals surface area contributed by atoms with E-state index >= 15 is 0 Å². The third-order valence-corrected chi connectivity index (χ3v) is 2.68. The van der Waals surface area contributed by atoms with Crippen molar-refractivity contribution in [3.63, 3.8) is 0 Å². The number of nitrogens with zero attached hydrogens (tertiary/aromatic N) is 3. The molecule has 0 atom stereocenters. The second-order valence-corrected chi connectivity index (χ2v) is 5.11. The van der Waals surface area contributed by atoms with Crippen LogP contribution in [0.15, 0.2) is 30.6 Å². The summed E-state index contributed by atoms with van der Waals surface area (Å²) in [5.74, 6) is 0.809. The fraction of sp³-hybridized carbons (Fsp3) is 0.385. The Labute approximate surface area is 101 Å². The lowest BCUT2D eigenvalue weighted by atomic mass is 9.90. The maximum atomic E-state index is 5.58. The van der Waals surface area contributed by atoms with Crippen molar-refractivity contribution in [3.8, 4) is 5.82 Å². The van der Waals surface area contributed by atoms with Crippen molar-refractivity contribution >= 4 is 0 Å². The molecule has 0 aliphatic rings. The normalized spacial score (nSPS) is 11.8. The van der Waals surface area contributed by atoms with Gasteiger partial charge < -0.3 is 5.73 Å². The summed E-state index contributed by atoms with van der Waals surface area (Å²) in [5, 5.41) is 4.34. The first-order valence-corrected chi connectivity index (χ1v) is 5.72. The molecule has 0 spiro atoms.